The van der Waals surface area contributed by atoms with Crippen molar-refractivity contribution in [2.24, 2.45) is 11.8 Å². The standard InChI is InChI=1S/C82H160O17P2/c1-7-10-12-14-16-18-19-28-36-42-48-54-60-66-81(86)98-77(70-92-79(84)64-58-52-46-38-17-15-13-11-8-2)72-96-100(88,89)94-68-76(83)69-95-101(90,91)97-73-78(71-93-80(85)65-59-53-47-41-35-31-27-26-29-33-39-44-50-56-62-74(4)5)99-82(87)67-61-55-49-43-37-32-25-23-21-20-22-24-30-34-40-45-51-57-63-75(6)9-3/h74-78,83H,7-73H2,1-6H3,(H,88,89)(H,90,91)/t75?,76-,77+,78+/m0/s1. The van der Waals surface area contributed by atoms with Crippen LogP contribution >= 0.6 is 15.6 Å². The van der Waals surface area contributed by atoms with Crippen LogP contribution in [-0.2, 0) is 65.4 Å². The number of ether oxygens (including phenoxy) is 4. The number of unbranched alkanes of at least 4 members (excludes halogenated alkanes) is 50. The van der Waals surface area contributed by atoms with Gasteiger partial charge in [-0.1, -0.05) is 382 Å². The SMILES string of the molecule is CCCCCCCCCCCCCCCC(=O)O[C@H](COC(=O)CCCCCCCCCCC)COP(=O)(O)OC[C@H](O)COP(=O)(O)OC[C@@H](COC(=O)CCCCCCCCCCCCCCCCC(C)C)OC(=O)CCCCCCCCCCCCCCCCCCCCC(C)CC. The van der Waals surface area contributed by atoms with Crippen LogP contribution in [0.3, 0.4) is 0 Å². The number of carbonyl (C=O) groups excluding carboxylic acids is 4. The second-order valence-electron chi connectivity index (χ2n) is 30.2. The zero-order valence-corrected chi connectivity index (χ0v) is 68.0. The van der Waals surface area contributed by atoms with Crippen molar-refractivity contribution < 1.29 is 80.2 Å². The van der Waals surface area contributed by atoms with Crippen LogP contribution in [0.15, 0.2) is 0 Å². The Morgan fingerprint density at radius 3 is 0.752 bits per heavy atom. The Hall–Kier alpha value is -1.94. The van der Waals surface area contributed by atoms with Gasteiger partial charge in [0.15, 0.2) is 12.2 Å². The predicted octanol–water partition coefficient (Wildman–Crippen LogP) is 24.7. The zero-order valence-electron chi connectivity index (χ0n) is 66.2. The van der Waals surface area contributed by atoms with Crippen LogP contribution in [0.5, 0.6) is 0 Å². The molecule has 0 saturated heterocycles. The Morgan fingerprint density at radius 1 is 0.287 bits per heavy atom. The molecule has 0 amide bonds. The van der Waals surface area contributed by atoms with E-state index in [1.54, 1.807) is 0 Å². The summed E-state index contributed by atoms with van der Waals surface area (Å²) in [5, 5.41) is 10.6. The molecule has 0 fully saturated rings. The molecule has 0 radical (unpaired) electrons. The van der Waals surface area contributed by atoms with Crippen molar-refractivity contribution in [3.63, 3.8) is 0 Å². The molecule has 0 heterocycles. The number of hydrogen-bond acceptors (Lipinski definition) is 15. The van der Waals surface area contributed by atoms with Gasteiger partial charge in [-0.3, -0.25) is 37.3 Å². The molecule has 3 N–H and O–H groups in total. The topological polar surface area (TPSA) is 237 Å². The second-order valence-corrected chi connectivity index (χ2v) is 33.1. The molecule has 0 spiro atoms. The maximum Gasteiger partial charge on any atom is 0.472 e. The number of aliphatic hydroxyl groups excluding tert-OH is 1. The molecule has 0 aliphatic rings. The summed E-state index contributed by atoms with van der Waals surface area (Å²) >= 11 is 0. The third-order valence-electron chi connectivity index (χ3n) is 19.6. The Labute approximate surface area is 619 Å². The summed E-state index contributed by atoms with van der Waals surface area (Å²) < 4.78 is 68.7. The van der Waals surface area contributed by atoms with Crippen LogP contribution in [-0.4, -0.2) is 96.7 Å². The summed E-state index contributed by atoms with van der Waals surface area (Å²) in [5.74, 6) is -0.437. The van der Waals surface area contributed by atoms with Gasteiger partial charge in [0.2, 0.25) is 0 Å². The van der Waals surface area contributed by atoms with E-state index in [4.69, 9.17) is 37.0 Å². The summed E-state index contributed by atoms with van der Waals surface area (Å²) in [6.07, 6.45) is 63.8. The fraction of sp³-hybridized carbons (Fsp3) is 0.951. The van der Waals surface area contributed by atoms with E-state index in [2.05, 4.69) is 41.5 Å². The minimum Gasteiger partial charge on any atom is -0.462 e. The fourth-order valence-corrected chi connectivity index (χ4v) is 14.3. The lowest BCUT2D eigenvalue weighted by Crippen LogP contribution is -2.30. The minimum absolute atomic E-state index is 0.108. The van der Waals surface area contributed by atoms with Crippen LogP contribution in [0.25, 0.3) is 0 Å². The van der Waals surface area contributed by atoms with Crippen LogP contribution in [0, 0.1) is 11.8 Å². The largest absolute Gasteiger partial charge is 0.472 e. The number of phosphoric acid groups is 2. The second kappa shape index (κ2) is 73.6. The molecular formula is C82H160O17P2. The molecule has 17 nitrogen and oxygen atoms in total. The Bertz CT molecular complexity index is 1940. The quantitative estimate of drug-likeness (QED) is 0.0222. The van der Waals surface area contributed by atoms with Crippen molar-refractivity contribution >= 4 is 39.5 Å². The number of aliphatic hydroxyl groups is 1. The van der Waals surface area contributed by atoms with Crippen molar-refractivity contribution in [3.8, 4) is 0 Å². The summed E-state index contributed by atoms with van der Waals surface area (Å²) in [5.41, 5.74) is 0. The average Bonchev–Trinajstić information content (AvgIpc) is 0.942. The molecule has 6 atom stereocenters. The fourth-order valence-electron chi connectivity index (χ4n) is 12.7. The normalized spacial score (nSPS) is 14.2. The average molecular weight is 1480 g/mol. The van der Waals surface area contributed by atoms with Gasteiger partial charge in [0.05, 0.1) is 26.4 Å². The van der Waals surface area contributed by atoms with Gasteiger partial charge in [0.25, 0.3) is 0 Å². The van der Waals surface area contributed by atoms with Gasteiger partial charge in [0, 0.05) is 25.7 Å². The summed E-state index contributed by atoms with van der Waals surface area (Å²) in [7, 11) is -9.92. The molecule has 0 aliphatic carbocycles. The smallest absolute Gasteiger partial charge is 0.462 e. The van der Waals surface area contributed by atoms with Gasteiger partial charge in [-0.25, -0.2) is 9.13 Å². The van der Waals surface area contributed by atoms with Gasteiger partial charge < -0.3 is 33.8 Å². The summed E-state index contributed by atoms with van der Waals surface area (Å²) in [4.78, 5) is 73.0. The van der Waals surface area contributed by atoms with Gasteiger partial charge >= 0.3 is 39.5 Å². The van der Waals surface area contributed by atoms with E-state index in [-0.39, 0.29) is 25.7 Å². The van der Waals surface area contributed by atoms with Gasteiger partial charge in [0.1, 0.15) is 19.3 Å². The van der Waals surface area contributed by atoms with Crippen LogP contribution in [0.1, 0.15) is 433 Å². The third-order valence-corrected chi connectivity index (χ3v) is 21.5. The first-order valence-electron chi connectivity index (χ1n) is 42.5. The Kier molecular flexibility index (Phi) is 72.2. The predicted molar refractivity (Wildman–Crippen MR) is 414 cm³/mol. The van der Waals surface area contributed by atoms with E-state index in [0.29, 0.717) is 25.7 Å². The zero-order chi connectivity index (χ0) is 74.2. The van der Waals surface area contributed by atoms with Crippen LogP contribution < -0.4 is 0 Å². The molecular weight excluding hydrogens is 1320 g/mol. The van der Waals surface area contributed by atoms with Gasteiger partial charge in [-0.2, -0.15) is 0 Å². The first-order valence-corrected chi connectivity index (χ1v) is 45.5. The Balaban J connectivity index is 5.20. The molecule has 101 heavy (non-hydrogen) atoms. The number of rotatable bonds is 81. The summed E-state index contributed by atoms with van der Waals surface area (Å²) in [6.45, 7) is 9.72. The van der Waals surface area contributed by atoms with Crippen molar-refractivity contribution in [1.29, 1.82) is 0 Å². The first-order chi connectivity index (χ1) is 48.9. The molecule has 0 aliphatic heterocycles. The van der Waals surface area contributed by atoms with Crippen molar-refractivity contribution in [3.05, 3.63) is 0 Å². The van der Waals surface area contributed by atoms with Crippen molar-refractivity contribution in [1.82, 2.24) is 0 Å². The number of hydrogen-bond donors (Lipinski definition) is 3. The van der Waals surface area contributed by atoms with E-state index < -0.39 is 97.5 Å². The molecule has 0 aromatic rings. The van der Waals surface area contributed by atoms with Crippen molar-refractivity contribution in [2.75, 3.05) is 39.6 Å². The van der Waals surface area contributed by atoms with Crippen LogP contribution in [0.2, 0.25) is 0 Å². The van der Waals surface area contributed by atoms with Crippen LogP contribution in [0.4, 0.5) is 0 Å². The van der Waals surface area contributed by atoms with E-state index in [9.17, 15) is 43.2 Å². The maximum atomic E-state index is 13.1. The van der Waals surface area contributed by atoms with E-state index >= 15 is 0 Å². The van der Waals surface area contributed by atoms with E-state index in [0.717, 1.165) is 102 Å². The number of phosphoric ester groups is 2. The molecule has 0 bridgehead atoms. The lowest BCUT2D eigenvalue weighted by atomic mass is 9.99. The van der Waals surface area contributed by atoms with Crippen molar-refractivity contribution in [2.45, 2.75) is 452 Å². The molecule has 3 unspecified atom stereocenters. The number of esters is 4. The first kappa shape index (κ1) is 99.1. The minimum atomic E-state index is -4.96. The Morgan fingerprint density at radius 2 is 0.505 bits per heavy atom. The maximum absolute atomic E-state index is 13.1. The highest BCUT2D eigenvalue weighted by atomic mass is 31.2. The molecule has 0 rings (SSSR count). The van der Waals surface area contributed by atoms with Gasteiger partial charge in [-0.15, -0.1) is 0 Å². The highest BCUT2D eigenvalue weighted by Crippen LogP contribution is 2.45. The molecule has 0 aromatic heterocycles. The summed E-state index contributed by atoms with van der Waals surface area (Å²) in [6, 6.07) is 0. The molecule has 0 saturated carbocycles. The molecule has 600 valence electrons. The van der Waals surface area contributed by atoms with Gasteiger partial charge in [-0.05, 0) is 37.5 Å². The lowest BCUT2D eigenvalue weighted by Gasteiger charge is -2.21. The third kappa shape index (κ3) is 74.7. The van der Waals surface area contributed by atoms with E-state index in [1.165, 1.54) is 250 Å². The highest BCUT2D eigenvalue weighted by molar-refractivity contribution is 7.47. The monoisotopic (exact) mass is 1480 g/mol. The molecule has 0 aromatic carbocycles. The lowest BCUT2D eigenvalue weighted by molar-refractivity contribution is -0.161. The number of carbonyl (C=O) groups is 4. The van der Waals surface area contributed by atoms with E-state index in [1.807, 2.05) is 0 Å². The molecule has 19 heteroatoms. The highest BCUT2D eigenvalue weighted by Gasteiger charge is 2.30.